The van der Waals surface area contributed by atoms with Crippen LogP contribution >= 0.6 is 0 Å². The molecule has 0 fully saturated rings. The van der Waals surface area contributed by atoms with Crippen molar-refractivity contribution in [3.8, 4) is 11.1 Å². The first-order chi connectivity index (χ1) is 15.1. The number of primary amides is 1. The van der Waals surface area contributed by atoms with Crippen LogP contribution in [0.1, 0.15) is 11.1 Å². The van der Waals surface area contributed by atoms with Gasteiger partial charge >= 0.3 is 6.03 Å². The van der Waals surface area contributed by atoms with Crippen LogP contribution in [0, 0.1) is 0 Å². The standard InChI is InChI=1S/C18H21N5O7S2/c19-18(26)23-22-17-15-9-11(31(27,28)20-5-7-24)1-3-13(15)14-4-2-12(10-16(14)17)32(29,30)21-6-8-25/h1-4,9-10,20-21,24-25H,5-8H2,(H3,19,23,26). The van der Waals surface area contributed by atoms with E-state index < -0.39 is 26.1 Å². The van der Waals surface area contributed by atoms with Crippen molar-refractivity contribution in [1.29, 1.82) is 0 Å². The minimum atomic E-state index is -3.93. The molecule has 0 atom stereocenters. The highest BCUT2D eigenvalue weighted by atomic mass is 32.2. The highest BCUT2D eigenvalue weighted by Crippen LogP contribution is 2.39. The number of aliphatic hydroxyl groups is 2. The number of nitrogens with one attached hydrogen (secondary N) is 3. The second-order valence-electron chi connectivity index (χ2n) is 6.59. The Balaban J connectivity index is 2.14. The summed E-state index contributed by atoms with van der Waals surface area (Å²) in [7, 11) is -7.87. The van der Waals surface area contributed by atoms with Crippen molar-refractivity contribution in [2.75, 3.05) is 26.3 Å². The van der Waals surface area contributed by atoms with Crippen LogP contribution in [-0.4, -0.2) is 65.1 Å². The van der Waals surface area contributed by atoms with E-state index in [1.807, 2.05) is 0 Å². The highest BCUT2D eigenvalue weighted by Gasteiger charge is 2.29. The van der Waals surface area contributed by atoms with Crippen molar-refractivity contribution < 1.29 is 31.8 Å². The number of hydrogen-bond donors (Lipinski definition) is 6. The van der Waals surface area contributed by atoms with Crippen molar-refractivity contribution in [1.82, 2.24) is 14.9 Å². The molecule has 0 heterocycles. The number of hydrazone groups is 1. The molecule has 0 spiro atoms. The van der Waals surface area contributed by atoms with E-state index in [0.717, 1.165) is 0 Å². The predicted octanol–water partition coefficient (Wildman–Crippen LogP) is -1.37. The van der Waals surface area contributed by atoms with E-state index in [2.05, 4.69) is 20.0 Å². The molecule has 172 valence electrons. The molecule has 1 aliphatic carbocycles. The van der Waals surface area contributed by atoms with Gasteiger partial charge in [0.05, 0.1) is 28.7 Å². The zero-order chi connectivity index (χ0) is 23.5. The molecule has 1 aliphatic rings. The third-order valence-corrected chi connectivity index (χ3v) is 7.41. The van der Waals surface area contributed by atoms with E-state index >= 15 is 0 Å². The zero-order valence-electron chi connectivity index (χ0n) is 16.6. The highest BCUT2D eigenvalue weighted by molar-refractivity contribution is 7.89. The summed E-state index contributed by atoms with van der Waals surface area (Å²) in [5.41, 5.74) is 9.10. The van der Waals surface area contributed by atoms with E-state index in [-0.39, 0.29) is 41.8 Å². The van der Waals surface area contributed by atoms with Crippen LogP contribution in [0.25, 0.3) is 11.1 Å². The summed E-state index contributed by atoms with van der Waals surface area (Å²) in [5.74, 6) is 0. The first-order valence-corrected chi connectivity index (χ1v) is 12.2. The zero-order valence-corrected chi connectivity index (χ0v) is 18.2. The monoisotopic (exact) mass is 483 g/mol. The summed E-state index contributed by atoms with van der Waals surface area (Å²) in [6.45, 7) is -1.11. The maximum atomic E-state index is 12.5. The van der Waals surface area contributed by atoms with Crippen molar-refractivity contribution in [3.63, 3.8) is 0 Å². The number of aliphatic hydroxyl groups excluding tert-OH is 2. The largest absolute Gasteiger partial charge is 0.395 e. The van der Waals surface area contributed by atoms with Gasteiger partial charge in [-0.3, -0.25) is 0 Å². The summed E-state index contributed by atoms with van der Waals surface area (Å²) in [6, 6.07) is 7.48. The normalized spacial score (nSPS) is 12.9. The van der Waals surface area contributed by atoms with Gasteiger partial charge in [0.1, 0.15) is 0 Å². The Hall–Kier alpha value is -2.88. The van der Waals surface area contributed by atoms with E-state index in [4.69, 9.17) is 15.9 Å². The second kappa shape index (κ2) is 9.32. The lowest BCUT2D eigenvalue weighted by Crippen LogP contribution is -2.27. The number of nitrogens with two attached hydrogens (primary N) is 1. The molecule has 12 nitrogen and oxygen atoms in total. The third kappa shape index (κ3) is 4.79. The van der Waals surface area contributed by atoms with Gasteiger partial charge < -0.3 is 15.9 Å². The van der Waals surface area contributed by atoms with Crippen molar-refractivity contribution in [2.45, 2.75) is 9.79 Å². The van der Waals surface area contributed by atoms with Crippen LogP contribution in [0.3, 0.4) is 0 Å². The molecule has 0 unspecified atom stereocenters. The molecule has 7 N–H and O–H groups in total. The minimum Gasteiger partial charge on any atom is -0.395 e. The third-order valence-electron chi connectivity index (χ3n) is 4.49. The number of amides is 2. The Labute approximate surface area is 184 Å². The van der Waals surface area contributed by atoms with Gasteiger partial charge in [-0.2, -0.15) is 5.10 Å². The molecule has 3 rings (SSSR count). The SMILES string of the molecule is NC(=O)NN=C1c2cc(S(=O)(=O)NCCO)ccc2-c2ccc(S(=O)(=O)NCCO)cc21. The van der Waals surface area contributed by atoms with Crippen LogP contribution in [0.15, 0.2) is 51.3 Å². The average molecular weight is 484 g/mol. The molecule has 14 heteroatoms. The lowest BCUT2D eigenvalue weighted by Gasteiger charge is -2.08. The van der Waals surface area contributed by atoms with Crippen molar-refractivity contribution >= 4 is 31.8 Å². The minimum absolute atomic E-state index is 0.110. The number of benzene rings is 2. The number of sulfonamides is 2. The van der Waals surface area contributed by atoms with Gasteiger partial charge in [0, 0.05) is 24.2 Å². The Kier molecular flexibility index (Phi) is 6.92. The van der Waals surface area contributed by atoms with Gasteiger partial charge in [-0.1, -0.05) is 12.1 Å². The lowest BCUT2D eigenvalue weighted by atomic mass is 10.1. The fourth-order valence-electron chi connectivity index (χ4n) is 3.15. The molecular formula is C18H21N5O7S2. The molecule has 0 bridgehead atoms. The fraction of sp³-hybridized carbons (Fsp3) is 0.222. The van der Waals surface area contributed by atoms with Gasteiger partial charge in [0.15, 0.2) is 0 Å². The maximum Gasteiger partial charge on any atom is 0.332 e. The first kappa shape index (κ1) is 23.8. The second-order valence-corrected chi connectivity index (χ2v) is 10.1. The molecular weight excluding hydrogens is 462 g/mol. The summed E-state index contributed by atoms with van der Waals surface area (Å²) in [6.07, 6.45) is 0. The number of carbonyl (C=O) groups excluding carboxylic acids is 1. The number of rotatable bonds is 9. The summed E-state index contributed by atoms with van der Waals surface area (Å²) >= 11 is 0. The average Bonchev–Trinajstić information content (AvgIpc) is 3.07. The fourth-order valence-corrected chi connectivity index (χ4v) is 5.24. The molecule has 2 aromatic carbocycles. The van der Waals surface area contributed by atoms with Gasteiger partial charge in [0.2, 0.25) is 20.0 Å². The van der Waals surface area contributed by atoms with E-state index in [0.29, 0.717) is 22.3 Å². The Morgan fingerprint density at radius 2 is 1.25 bits per heavy atom. The van der Waals surface area contributed by atoms with Crippen LogP contribution in [0.2, 0.25) is 0 Å². The van der Waals surface area contributed by atoms with Crippen LogP contribution in [0.5, 0.6) is 0 Å². The molecule has 0 aromatic heterocycles. The Morgan fingerprint density at radius 3 is 1.62 bits per heavy atom. The number of urea groups is 1. The van der Waals surface area contributed by atoms with Crippen LogP contribution in [-0.2, 0) is 20.0 Å². The van der Waals surface area contributed by atoms with Crippen molar-refractivity contribution in [2.24, 2.45) is 10.8 Å². The molecule has 2 amide bonds. The van der Waals surface area contributed by atoms with Crippen molar-refractivity contribution in [3.05, 3.63) is 47.5 Å². The smallest absolute Gasteiger partial charge is 0.332 e. The van der Waals surface area contributed by atoms with Gasteiger partial charge in [-0.05, 0) is 35.4 Å². The van der Waals surface area contributed by atoms with Crippen LogP contribution in [0.4, 0.5) is 4.79 Å². The van der Waals surface area contributed by atoms with Gasteiger partial charge in [-0.25, -0.2) is 36.5 Å². The lowest BCUT2D eigenvalue weighted by molar-refractivity contribution is 0.249. The molecule has 2 aromatic rings. The summed E-state index contributed by atoms with van der Waals surface area (Å²) in [5, 5.41) is 21.7. The summed E-state index contributed by atoms with van der Waals surface area (Å²) < 4.78 is 54.3. The Morgan fingerprint density at radius 1 is 0.812 bits per heavy atom. The maximum absolute atomic E-state index is 12.5. The van der Waals surface area contributed by atoms with E-state index in [1.165, 1.54) is 36.4 Å². The van der Waals surface area contributed by atoms with Gasteiger partial charge in [-0.15, -0.1) is 0 Å². The first-order valence-electron chi connectivity index (χ1n) is 9.24. The summed E-state index contributed by atoms with van der Waals surface area (Å²) in [4.78, 5) is 11.0. The predicted molar refractivity (Wildman–Crippen MR) is 115 cm³/mol. The number of nitrogens with zero attached hydrogens (tertiary/aromatic N) is 1. The number of carbonyl (C=O) groups is 1. The van der Waals surface area contributed by atoms with E-state index in [9.17, 15) is 21.6 Å². The molecule has 0 aliphatic heterocycles. The molecule has 0 saturated carbocycles. The van der Waals surface area contributed by atoms with E-state index in [1.54, 1.807) is 0 Å². The Bertz CT molecular complexity index is 1200. The quantitative estimate of drug-likeness (QED) is 0.201. The molecule has 0 saturated heterocycles. The number of hydrogen-bond acceptors (Lipinski definition) is 8. The number of fused-ring (bicyclic) bond motifs is 3. The van der Waals surface area contributed by atoms with Crippen LogP contribution < -0.4 is 20.6 Å². The van der Waals surface area contributed by atoms with Gasteiger partial charge in [0.25, 0.3) is 0 Å². The molecule has 32 heavy (non-hydrogen) atoms. The topological polar surface area (TPSA) is 200 Å². The molecule has 0 radical (unpaired) electrons.